The molecule has 1 atom stereocenters. The number of benzene rings is 1. The van der Waals surface area contributed by atoms with Crippen molar-refractivity contribution in [1.82, 2.24) is 14.9 Å². The van der Waals surface area contributed by atoms with Crippen LogP contribution < -0.4 is 4.74 Å². The SMILES string of the molecule is COC1(COc2ccccc2C)CCCN(C(=O)c2nccc(C)n2)C1. The summed E-state index contributed by atoms with van der Waals surface area (Å²) in [7, 11) is 1.68. The molecule has 0 spiro atoms. The summed E-state index contributed by atoms with van der Waals surface area (Å²) in [6.07, 6.45) is 3.31. The van der Waals surface area contributed by atoms with E-state index in [4.69, 9.17) is 9.47 Å². The van der Waals surface area contributed by atoms with Gasteiger partial charge in [-0.05, 0) is 44.4 Å². The van der Waals surface area contributed by atoms with Crippen LogP contribution in [0.1, 0.15) is 34.7 Å². The molecule has 3 rings (SSSR count). The highest BCUT2D eigenvalue weighted by atomic mass is 16.5. The van der Waals surface area contributed by atoms with Gasteiger partial charge in [-0.25, -0.2) is 9.97 Å². The molecule has 1 saturated heterocycles. The molecule has 0 bridgehead atoms. The zero-order valence-electron chi connectivity index (χ0n) is 15.6. The molecule has 1 fully saturated rings. The summed E-state index contributed by atoms with van der Waals surface area (Å²) in [4.78, 5) is 22.9. The van der Waals surface area contributed by atoms with Crippen molar-refractivity contribution >= 4 is 5.91 Å². The quantitative estimate of drug-likeness (QED) is 0.825. The third kappa shape index (κ3) is 4.02. The number of likely N-dealkylation sites (tertiary alicyclic amines) is 1. The van der Waals surface area contributed by atoms with Gasteiger partial charge in [-0.15, -0.1) is 0 Å². The molecule has 6 heteroatoms. The van der Waals surface area contributed by atoms with Crippen molar-refractivity contribution in [2.24, 2.45) is 0 Å². The van der Waals surface area contributed by atoms with Crippen LogP contribution >= 0.6 is 0 Å². The van der Waals surface area contributed by atoms with E-state index in [1.54, 1.807) is 24.3 Å². The highest BCUT2D eigenvalue weighted by Gasteiger charge is 2.39. The molecule has 1 aromatic carbocycles. The van der Waals surface area contributed by atoms with Gasteiger partial charge in [-0.2, -0.15) is 0 Å². The van der Waals surface area contributed by atoms with Crippen LogP contribution in [0.15, 0.2) is 36.5 Å². The highest BCUT2D eigenvalue weighted by Crippen LogP contribution is 2.27. The number of carbonyl (C=O) groups is 1. The number of aromatic nitrogens is 2. The molecule has 1 aliphatic heterocycles. The Balaban J connectivity index is 1.72. The lowest BCUT2D eigenvalue weighted by molar-refractivity contribution is -0.0827. The van der Waals surface area contributed by atoms with Crippen molar-refractivity contribution in [3.8, 4) is 5.75 Å². The maximum Gasteiger partial charge on any atom is 0.291 e. The molecule has 26 heavy (non-hydrogen) atoms. The summed E-state index contributed by atoms with van der Waals surface area (Å²) < 4.78 is 11.8. The number of aryl methyl sites for hydroxylation is 2. The molecule has 0 saturated carbocycles. The van der Waals surface area contributed by atoms with Gasteiger partial charge in [0, 0.05) is 25.5 Å². The van der Waals surface area contributed by atoms with Crippen molar-refractivity contribution in [3.05, 3.63) is 53.6 Å². The minimum atomic E-state index is -0.528. The molecule has 0 aliphatic carbocycles. The number of rotatable bonds is 5. The van der Waals surface area contributed by atoms with E-state index in [2.05, 4.69) is 9.97 Å². The van der Waals surface area contributed by atoms with E-state index < -0.39 is 5.60 Å². The molecule has 1 aliphatic rings. The van der Waals surface area contributed by atoms with Crippen molar-refractivity contribution in [2.75, 3.05) is 26.8 Å². The number of amides is 1. The first kappa shape index (κ1) is 18.3. The van der Waals surface area contributed by atoms with Gasteiger partial charge >= 0.3 is 0 Å². The number of nitrogens with zero attached hydrogens (tertiary/aromatic N) is 3. The second kappa shape index (κ2) is 7.83. The van der Waals surface area contributed by atoms with Gasteiger partial charge in [0.1, 0.15) is 18.0 Å². The molecule has 2 aromatic rings. The fourth-order valence-electron chi connectivity index (χ4n) is 3.24. The van der Waals surface area contributed by atoms with Crippen molar-refractivity contribution in [2.45, 2.75) is 32.3 Å². The van der Waals surface area contributed by atoms with Crippen molar-refractivity contribution in [3.63, 3.8) is 0 Å². The number of ether oxygens (including phenoxy) is 2. The zero-order chi connectivity index (χ0) is 18.6. The van der Waals surface area contributed by atoms with Crippen LogP contribution in [0.2, 0.25) is 0 Å². The van der Waals surface area contributed by atoms with Crippen LogP contribution in [0.4, 0.5) is 0 Å². The maximum atomic E-state index is 12.8. The molecule has 2 heterocycles. The normalized spacial score (nSPS) is 20.0. The molecule has 138 valence electrons. The van der Waals surface area contributed by atoms with Gasteiger partial charge in [-0.1, -0.05) is 18.2 Å². The van der Waals surface area contributed by atoms with E-state index in [0.717, 1.165) is 29.8 Å². The summed E-state index contributed by atoms with van der Waals surface area (Å²) in [6, 6.07) is 9.68. The third-order valence-corrected chi connectivity index (χ3v) is 4.83. The maximum absolute atomic E-state index is 12.8. The van der Waals surface area contributed by atoms with Crippen LogP contribution in [0.5, 0.6) is 5.75 Å². The van der Waals surface area contributed by atoms with E-state index in [0.29, 0.717) is 19.7 Å². The van der Waals surface area contributed by atoms with E-state index in [9.17, 15) is 4.79 Å². The Bertz CT molecular complexity index is 780. The van der Waals surface area contributed by atoms with Crippen LogP contribution in [0.25, 0.3) is 0 Å². The summed E-state index contributed by atoms with van der Waals surface area (Å²) in [5.74, 6) is 0.914. The standard InChI is InChI=1S/C20H25N3O3/c1-15-7-4-5-8-17(15)26-14-20(25-3)10-6-12-23(13-20)19(24)18-21-11-9-16(2)22-18/h4-5,7-9,11H,6,10,12-14H2,1-3H3. The van der Waals surface area contributed by atoms with E-state index in [-0.39, 0.29) is 11.7 Å². The number of para-hydroxylation sites is 1. The van der Waals surface area contributed by atoms with Gasteiger partial charge in [0.2, 0.25) is 5.82 Å². The zero-order valence-corrected chi connectivity index (χ0v) is 15.6. The summed E-state index contributed by atoms with van der Waals surface area (Å²) in [6.45, 7) is 5.40. The Morgan fingerprint density at radius 1 is 1.27 bits per heavy atom. The first-order valence-corrected chi connectivity index (χ1v) is 8.85. The smallest absolute Gasteiger partial charge is 0.291 e. The molecular formula is C20H25N3O3. The first-order valence-electron chi connectivity index (χ1n) is 8.85. The Labute approximate surface area is 154 Å². The van der Waals surface area contributed by atoms with Crippen LogP contribution in [0.3, 0.4) is 0 Å². The number of hydrogen-bond acceptors (Lipinski definition) is 5. The second-order valence-electron chi connectivity index (χ2n) is 6.79. The van der Waals surface area contributed by atoms with Crippen molar-refractivity contribution in [1.29, 1.82) is 0 Å². The monoisotopic (exact) mass is 355 g/mol. The Kier molecular flexibility index (Phi) is 5.52. The van der Waals surface area contributed by atoms with E-state index in [1.807, 2.05) is 38.1 Å². The molecule has 0 radical (unpaired) electrons. The fraction of sp³-hybridized carbons (Fsp3) is 0.450. The number of hydrogen-bond donors (Lipinski definition) is 0. The largest absolute Gasteiger partial charge is 0.490 e. The summed E-state index contributed by atoms with van der Waals surface area (Å²) in [5, 5.41) is 0. The Morgan fingerprint density at radius 2 is 2.08 bits per heavy atom. The number of carbonyl (C=O) groups excluding carboxylic acids is 1. The topological polar surface area (TPSA) is 64.6 Å². The minimum Gasteiger partial charge on any atom is -0.490 e. The molecule has 6 nitrogen and oxygen atoms in total. The highest BCUT2D eigenvalue weighted by molar-refractivity contribution is 5.90. The second-order valence-corrected chi connectivity index (χ2v) is 6.79. The van der Waals surface area contributed by atoms with E-state index in [1.165, 1.54) is 0 Å². The summed E-state index contributed by atoms with van der Waals surface area (Å²) >= 11 is 0. The Hall–Kier alpha value is -2.47. The van der Waals surface area contributed by atoms with Crippen LogP contribution in [0, 0.1) is 13.8 Å². The lowest BCUT2D eigenvalue weighted by atomic mass is 9.93. The molecule has 1 unspecified atom stereocenters. The minimum absolute atomic E-state index is 0.161. The molecule has 1 amide bonds. The van der Waals surface area contributed by atoms with Gasteiger partial charge in [0.15, 0.2) is 0 Å². The molecule has 0 N–H and O–H groups in total. The van der Waals surface area contributed by atoms with Gasteiger partial charge in [0.25, 0.3) is 5.91 Å². The van der Waals surface area contributed by atoms with Crippen LogP contribution in [-0.2, 0) is 4.74 Å². The predicted molar refractivity (Wildman–Crippen MR) is 98.3 cm³/mol. The lowest BCUT2D eigenvalue weighted by Crippen LogP contribution is -2.54. The number of piperidine rings is 1. The van der Waals surface area contributed by atoms with E-state index >= 15 is 0 Å². The Morgan fingerprint density at radius 3 is 2.81 bits per heavy atom. The third-order valence-electron chi connectivity index (χ3n) is 4.83. The van der Waals surface area contributed by atoms with Crippen molar-refractivity contribution < 1.29 is 14.3 Å². The number of methoxy groups -OCH3 is 1. The average Bonchev–Trinajstić information content (AvgIpc) is 2.67. The molecular weight excluding hydrogens is 330 g/mol. The first-order chi connectivity index (χ1) is 12.5. The predicted octanol–water partition coefficient (Wildman–Crippen LogP) is 2.79. The van der Waals surface area contributed by atoms with Gasteiger partial charge in [-0.3, -0.25) is 4.79 Å². The van der Waals surface area contributed by atoms with Gasteiger partial charge < -0.3 is 14.4 Å². The summed E-state index contributed by atoms with van der Waals surface area (Å²) in [5.41, 5.74) is 1.33. The molecule has 1 aromatic heterocycles. The van der Waals surface area contributed by atoms with Crippen LogP contribution in [-0.4, -0.2) is 53.2 Å². The van der Waals surface area contributed by atoms with Gasteiger partial charge in [0.05, 0.1) is 6.54 Å². The average molecular weight is 355 g/mol. The fourth-order valence-corrected chi connectivity index (χ4v) is 3.24. The lowest BCUT2D eigenvalue weighted by Gasteiger charge is -2.41.